The van der Waals surface area contributed by atoms with E-state index in [1.54, 1.807) is 6.92 Å². The summed E-state index contributed by atoms with van der Waals surface area (Å²) in [6, 6.07) is 0.0985. The Bertz CT molecular complexity index is 832. The molecule has 4 aliphatic rings. The number of ketones is 2. The fraction of sp³-hybridized carbons (Fsp3) is 0.632. The molecule has 0 radical (unpaired) electrons. The van der Waals surface area contributed by atoms with Crippen molar-refractivity contribution in [2.75, 3.05) is 26.9 Å². The zero-order valence-corrected chi connectivity index (χ0v) is 16.4. The van der Waals surface area contributed by atoms with Crippen LogP contribution in [0.5, 0.6) is 0 Å². The molecule has 4 rings (SSSR count). The van der Waals surface area contributed by atoms with E-state index in [4.69, 9.17) is 19.9 Å². The number of fused-ring (bicyclic) bond motifs is 4. The van der Waals surface area contributed by atoms with Crippen molar-refractivity contribution in [2.24, 2.45) is 17.6 Å². The maximum Gasteiger partial charge on any atom is 0.404 e. The summed E-state index contributed by atoms with van der Waals surface area (Å²) in [6.07, 6.45) is -0.942. The first-order valence-electron chi connectivity index (χ1n) is 9.42. The summed E-state index contributed by atoms with van der Waals surface area (Å²) in [5, 5.41) is 3.32. The van der Waals surface area contributed by atoms with E-state index in [-0.39, 0.29) is 47.5 Å². The predicted molar refractivity (Wildman–Crippen MR) is 96.7 cm³/mol. The van der Waals surface area contributed by atoms with Gasteiger partial charge in [-0.3, -0.25) is 9.59 Å². The second-order valence-corrected chi connectivity index (χ2v) is 8.08. The number of carbonyl (C=O) groups excluding carboxylic acids is 3. The molecule has 0 saturated carbocycles. The minimum Gasteiger partial charge on any atom is -0.489 e. The van der Waals surface area contributed by atoms with Crippen molar-refractivity contribution in [2.45, 2.75) is 38.6 Å². The summed E-state index contributed by atoms with van der Waals surface area (Å²) < 4.78 is 16.7. The number of primary amides is 1. The number of hydrogen-bond acceptors (Lipinski definition) is 8. The van der Waals surface area contributed by atoms with Crippen LogP contribution in [0.1, 0.15) is 20.8 Å². The van der Waals surface area contributed by atoms with E-state index in [1.807, 2.05) is 18.7 Å². The normalized spacial score (nSPS) is 33.3. The summed E-state index contributed by atoms with van der Waals surface area (Å²) in [4.78, 5) is 39.7. The average molecular weight is 391 g/mol. The van der Waals surface area contributed by atoms with Gasteiger partial charge >= 0.3 is 6.09 Å². The lowest BCUT2D eigenvalue weighted by atomic mass is 9.83. The molecule has 4 atom stereocenters. The number of nitrogens with zero attached hydrogens (tertiary/aromatic N) is 1. The van der Waals surface area contributed by atoms with Crippen LogP contribution >= 0.6 is 0 Å². The summed E-state index contributed by atoms with van der Waals surface area (Å²) >= 11 is 0. The predicted octanol–water partition coefficient (Wildman–Crippen LogP) is 0.0627. The third kappa shape index (κ3) is 2.42. The van der Waals surface area contributed by atoms with Gasteiger partial charge in [0.25, 0.3) is 0 Å². The second kappa shape index (κ2) is 6.31. The Kier molecular flexibility index (Phi) is 4.27. The van der Waals surface area contributed by atoms with Crippen LogP contribution in [0.25, 0.3) is 0 Å². The highest BCUT2D eigenvalue weighted by molar-refractivity contribution is 6.25. The summed E-state index contributed by atoms with van der Waals surface area (Å²) in [6.45, 7) is 6.24. The highest BCUT2D eigenvalue weighted by atomic mass is 16.6. The van der Waals surface area contributed by atoms with E-state index in [1.165, 1.54) is 7.11 Å². The Morgan fingerprint density at radius 1 is 1.36 bits per heavy atom. The molecule has 3 aliphatic heterocycles. The van der Waals surface area contributed by atoms with Crippen LogP contribution in [-0.2, 0) is 23.8 Å². The van der Waals surface area contributed by atoms with Crippen LogP contribution < -0.4 is 11.1 Å². The van der Waals surface area contributed by atoms with E-state index in [9.17, 15) is 14.4 Å². The maximum absolute atomic E-state index is 13.4. The largest absolute Gasteiger partial charge is 0.489 e. The van der Waals surface area contributed by atoms with Gasteiger partial charge in [0.05, 0.1) is 24.3 Å². The molecule has 152 valence electrons. The fourth-order valence-electron chi connectivity index (χ4n) is 4.69. The third-order valence-electron chi connectivity index (χ3n) is 5.93. The van der Waals surface area contributed by atoms with Crippen LogP contribution in [0.2, 0.25) is 0 Å². The zero-order valence-electron chi connectivity index (χ0n) is 16.4. The molecule has 0 aromatic rings. The van der Waals surface area contributed by atoms with E-state index in [2.05, 4.69) is 5.32 Å². The lowest BCUT2D eigenvalue weighted by molar-refractivity contribution is -0.137. The molecule has 2 saturated heterocycles. The lowest BCUT2D eigenvalue weighted by Crippen LogP contribution is -2.55. The molecule has 0 bridgehead atoms. The summed E-state index contributed by atoms with van der Waals surface area (Å²) in [5.41, 5.74) is 5.10. The summed E-state index contributed by atoms with van der Waals surface area (Å²) in [5.74, 6) is -0.992. The van der Waals surface area contributed by atoms with Gasteiger partial charge in [-0.15, -0.1) is 0 Å². The number of carbonyl (C=O) groups is 3. The summed E-state index contributed by atoms with van der Waals surface area (Å²) in [7, 11) is 1.54. The monoisotopic (exact) mass is 391 g/mol. The van der Waals surface area contributed by atoms with Crippen LogP contribution in [0.15, 0.2) is 22.6 Å². The fourth-order valence-corrected chi connectivity index (χ4v) is 4.69. The highest BCUT2D eigenvalue weighted by Crippen LogP contribution is 2.55. The number of nitrogens with one attached hydrogen (secondary N) is 1. The molecule has 1 aliphatic carbocycles. The molecular formula is C19H25N3O6. The third-order valence-corrected chi connectivity index (χ3v) is 5.93. The molecule has 4 unspecified atom stereocenters. The van der Waals surface area contributed by atoms with Gasteiger partial charge in [-0.1, -0.05) is 13.8 Å². The molecule has 2 fully saturated rings. The topological polar surface area (TPSA) is 130 Å². The van der Waals surface area contributed by atoms with Crippen molar-refractivity contribution in [3.05, 3.63) is 22.6 Å². The molecule has 9 nitrogen and oxygen atoms in total. The SMILES string of the molecule is COC12C(COC(N)=O)C3=C(C(=O)C(C)=C(OCC(C)C)C3=O)N1CC1NC12. The van der Waals surface area contributed by atoms with E-state index >= 15 is 0 Å². The van der Waals surface area contributed by atoms with Gasteiger partial charge in [-0.25, -0.2) is 4.79 Å². The number of piperazine rings is 1. The molecule has 3 N–H and O–H groups in total. The van der Waals surface area contributed by atoms with E-state index < -0.39 is 17.7 Å². The number of hydrogen-bond donors (Lipinski definition) is 2. The second-order valence-electron chi connectivity index (χ2n) is 8.08. The number of nitrogens with two attached hydrogens (primary N) is 1. The van der Waals surface area contributed by atoms with Gasteiger partial charge in [0, 0.05) is 30.8 Å². The Hall–Kier alpha value is -2.39. The Balaban J connectivity index is 1.76. The van der Waals surface area contributed by atoms with Gasteiger partial charge in [0.1, 0.15) is 6.61 Å². The zero-order chi connectivity index (χ0) is 20.4. The first kappa shape index (κ1) is 18.9. The molecule has 0 aromatic heterocycles. The van der Waals surface area contributed by atoms with Gasteiger partial charge in [-0.2, -0.15) is 0 Å². The minimum absolute atomic E-state index is 0.0641. The lowest BCUT2D eigenvalue weighted by Gasteiger charge is -2.39. The molecule has 0 aromatic carbocycles. The van der Waals surface area contributed by atoms with Crippen molar-refractivity contribution in [1.82, 2.24) is 10.2 Å². The standard InChI is InChI=1S/C19H25N3O6/c1-8(2)6-27-16-9(3)14(23)13-12(15(16)24)10(7-28-18(20)25)19(26-4)17-11(21-17)5-22(13)19/h8,10-11,17,21H,5-7H2,1-4H3,(H2,20,25). The molecule has 3 heterocycles. The average Bonchev–Trinajstić information content (AvgIpc) is 3.24. The first-order chi connectivity index (χ1) is 13.2. The number of Topliss-reactive ketones (excluding diaryl/α,β-unsaturated/α-hetero) is 2. The Labute approximate surface area is 162 Å². The minimum atomic E-state index is -0.968. The number of amides is 1. The Morgan fingerprint density at radius 2 is 2.07 bits per heavy atom. The number of rotatable bonds is 6. The number of allylic oxidation sites excluding steroid dienone is 2. The quantitative estimate of drug-likeness (QED) is 0.480. The number of methoxy groups -OCH3 is 1. The first-order valence-corrected chi connectivity index (χ1v) is 9.42. The highest BCUT2D eigenvalue weighted by Gasteiger charge is 2.72. The van der Waals surface area contributed by atoms with Crippen LogP contribution in [0.4, 0.5) is 4.79 Å². The van der Waals surface area contributed by atoms with E-state index in [0.717, 1.165) is 0 Å². The Morgan fingerprint density at radius 3 is 2.68 bits per heavy atom. The van der Waals surface area contributed by atoms with Gasteiger partial charge in [-0.05, 0) is 12.8 Å². The molecular weight excluding hydrogens is 366 g/mol. The van der Waals surface area contributed by atoms with Gasteiger partial charge in [0.15, 0.2) is 11.5 Å². The van der Waals surface area contributed by atoms with Crippen molar-refractivity contribution in [3.63, 3.8) is 0 Å². The van der Waals surface area contributed by atoms with Crippen molar-refractivity contribution in [3.8, 4) is 0 Å². The van der Waals surface area contributed by atoms with Gasteiger partial charge < -0.3 is 30.2 Å². The number of ether oxygens (including phenoxy) is 3. The smallest absolute Gasteiger partial charge is 0.404 e. The van der Waals surface area contributed by atoms with Gasteiger partial charge in [0.2, 0.25) is 11.6 Å². The van der Waals surface area contributed by atoms with Crippen LogP contribution in [-0.4, -0.2) is 67.2 Å². The van der Waals surface area contributed by atoms with Crippen LogP contribution in [0, 0.1) is 11.8 Å². The molecule has 0 spiro atoms. The van der Waals surface area contributed by atoms with E-state index in [0.29, 0.717) is 24.4 Å². The molecule has 1 amide bonds. The molecule has 28 heavy (non-hydrogen) atoms. The van der Waals surface area contributed by atoms with Crippen LogP contribution in [0.3, 0.4) is 0 Å². The van der Waals surface area contributed by atoms with Crippen molar-refractivity contribution >= 4 is 17.7 Å². The maximum atomic E-state index is 13.4. The van der Waals surface area contributed by atoms with Crippen molar-refractivity contribution < 1.29 is 28.6 Å². The molecule has 9 heteroatoms. The van der Waals surface area contributed by atoms with Crippen molar-refractivity contribution in [1.29, 1.82) is 0 Å².